The van der Waals surface area contributed by atoms with Crippen molar-refractivity contribution in [2.45, 2.75) is 25.8 Å². The van der Waals surface area contributed by atoms with E-state index in [4.69, 9.17) is 5.11 Å². The lowest BCUT2D eigenvalue weighted by Gasteiger charge is -2.32. The molecule has 3 rings (SSSR count). The van der Waals surface area contributed by atoms with Crippen molar-refractivity contribution in [3.05, 3.63) is 41.7 Å². The second-order valence-corrected chi connectivity index (χ2v) is 5.55. The van der Waals surface area contributed by atoms with E-state index in [-0.39, 0.29) is 17.7 Å². The van der Waals surface area contributed by atoms with Crippen LogP contribution in [0.1, 0.15) is 29.3 Å². The van der Waals surface area contributed by atoms with Gasteiger partial charge in [-0.2, -0.15) is 0 Å². The molecule has 0 bridgehead atoms. The number of hydrogen-bond acceptors (Lipinski definition) is 4. The summed E-state index contributed by atoms with van der Waals surface area (Å²) in [4.78, 5) is 27.0. The zero-order valence-corrected chi connectivity index (χ0v) is 12.4. The van der Waals surface area contributed by atoms with E-state index in [2.05, 4.69) is 15.4 Å². The highest BCUT2D eigenvalue weighted by Crippen LogP contribution is 2.27. The van der Waals surface area contributed by atoms with Gasteiger partial charge in [0.2, 0.25) is 5.82 Å². The van der Waals surface area contributed by atoms with Gasteiger partial charge in [0, 0.05) is 6.04 Å². The van der Waals surface area contributed by atoms with E-state index in [1.54, 1.807) is 19.1 Å². The van der Waals surface area contributed by atoms with Crippen molar-refractivity contribution in [3.8, 4) is 5.69 Å². The number of halogens is 1. The van der Waals surface area contributed by atoms with Crippen molar-refractivity contribution in [1.29, 1.82) is 0 Å². The minimum Gasteiger partial charge on any atom is -0.481 e. The normalized spacial score (nSPS) is 19.9. The van der Waals surface area contributed by atoms with Gasteiger partial charge >= 0.3 is 5.97 Å². The van der Waals surface area contributed by atoms with Crippen LogP contribution < -0.4 is 5.32 Å². The maximum Gasteiger partial charge on any atom is 0.306 e. The molecule has 0 unspecified atom stereocenters. The standard InChI is InChI=1S/C15H15FN4O3/c1-8-17-13(14(21)18-11-6-9(7-11)15(22)23)19-20(8)12-4-2-10(16)3-5-12/h2-5,9,11H,6-7H2,1H3,(H,18,21)(H,22,23). The van der Waals surface area contributed by atoms with E-state index in [0.29, 0.717) is 24.4 Å². The average Bonchev–Trinajstić information content (AvgIpc) is 2.84. The highest BCUT2D eigenvalue weighted by molar-refractivity contribution is 5.90. The summed E-state index contributed by atoms with van der Waals surface area (Å²) in [6, 6.07) is 5.53. The molecule has 1 fully saturated rings. The first-order valence-corrected chi connectivity index (χ1v) is 7.17. The summed E-state index contributed by atoms with van der Waals surface area (Å²) in [6.45, 7) is 1.69. The molecule has 0 atom stereocenters. The number of carboxylic acid groups (broad SMARTS) is 1. The van der Waals surface area contributed by atoms with Crippen LogP contribution in [0, 0.1) is 18.7 Å². The molecule has 1 heterocycles. The lowest BCUT2D eigenvalue weighted by molar-refractivity contribution is -0.145. The average molecular weight is 318 g/mol. The number of rotatable bonds is 4. The first-order valence-electron chi connectivity index (χ1n) is 7.17. The molecule has 2 N–H and O–H groups in total. The molecule has 1 saturated carbocycles. The van der Waals surface area contributed by atoms with Crippen LogP contribution in [0.2, 0.25) is 0 Å². The minimum atomic E-state index is -0.843. The molecule has 2 aromatic rings. The van der Waals surface area contributed by atoms with Crippen LogP contribution in [0.5, 0.6) is 0 Å². The molecule has 7 nitrogen and oxygen atoms in total. The zero-order valence-electron chi connectivity index (χ0n) is 12.4. The third-order valence-corrected chi connectivity index (χ3v) is 3.87. The molecular weight excluding hydrogens is 303 g/mol. The van der Waals surface area contributed by atoms with Crippen molar-refractivity contribution in [2.75, 3.05) is 0 Å². The maximum absolute atomic E-state index is 13.0. The van der Waals surface area contributed by atoms with Crippen LogP contribution in [-0.4, -0.2) is 37.8 Å². The summed E-state index contributed by atoms with van der Waals surface area (Å²) in [7, 11) is 0. The van der Waals surface area contributed by atoms with Crippen LogP contribution in [0.3, 0.4) is 0 Å². The molecule has 8 heteroatoms. The van der Waals surface area contributed by atoms with Gasteiger partial charge in [0.05, 0.1) is 11.6 Å². The van der Waals surface area contributed by atoms with Crippen LogP contribution in [0.25, 0.3) is 5.69 Å². The molecule has 1 aliphatic rings. The fraction of sp³-hybridized carbons (Fsp3) is 0.333. The summed E-state index contributed by atoms with van der Waals surface area (Å²) < 4.78 is 14.4. The quantitative estimate of drug-likeness (QED) is 0.886. The Labute approximate surface area is 131 Å². The summed E-state index contributed by atoms with van der Waals surface area (Å²) in [5.41, 5.74) is 0.602. The van der Waals surface area contributed by atoms with Crippen LogP contribution >= 0.6 is 0 Å². The Bertz CT molecular complexity index is 751. The Morgan fingerprint density at radius 3 is 2.57 bits per heavy atom. The number of carbonyl (C=O) groups is 2. The first-order chi connectivity index (χ1) is 10.9. The highest BCUT2D eigenvalue weighted by atomic mass is 19.1. The Hall–Kier alpha value is -2.77. The fourth-order valence-electron chi connectivity index (χ4n) is 2.50. The summed E-state index contributed by atoms with van der Waals surface area (Å²) in [5, 5.41) is 15.7. The van der Waals surface area contributed by atoms with E-state index < -0.39 is 17.8 Å². The highest BCUT2D eigenvalue weighted by Gasteiger charge is 2.35. The molecule has 1 amide bonds. The number of aliphatic carboxylic acids is 1. The minimum absolute atomic E-state index is 0.00519. The second kappa shape index (κ2) is 5.79. The Balaban J connectivity index is 1.69. The van der Waals surface area contributed by atoms with E-state index in [0.717, 1.165) is 0 Å². The number of carboxylic acids is 1. The van der Waals surface area contributed by atoms with Crippen LogP contribution in [0.4, 0.5) is 4.39 Å². The number of aromatic nitrogens is 3. The summed E-state index contributed by atoms with van der Waals surface area (Å²) in [6.07, 6.45) is 0.831. The Kier molecular flexibility index (Phi) is 3.81. The number of carbonyl (C=O) groups excluding carboxylic acids is 1. The molecule has 0 aliphatic heterocycles. The molecular formula is C15H15FN4O3. The number of aryl methyl sites for hydroxylation is 1. The van der Waals surface area contributed by atoms with Crippen LogP contribution in [0.15, 0.2) is 24.3 Å². The number of amides is 1. The van der Waals surface area contributed by atoms with Crippen molar-refractivity contribution in [1.82, 2.24) is 20.1 Å². The van der Waals surface area contributed by atoms with Crippen molar-refractivity contribution in [3.63, 3.8) is 0 Å². The van der Waals surface area contributed by atoms with E-state index in [1.165, 1.54) is 16.8 Å². The topological polar surface area (TPSA) is 97.1 Å². The van der Waals surface area contributed by atoms with Gasteiger partial charge in [-0.05, 0) is 44.0 Å². The number of nitrogens with one attached hydrogen (secondary N) is 1. The van der Waals surface area contributed by atoms with Gasteiger partial charge in [-0.15, -0.1) is 5.10 Å². The predicted molar refractivity (Wildman–Crippen MR) is 77.7 cm³/mol. The van der Waals surface area contributed by atoms with Gasteiger partial charge in [-0.1, -0.05) is 0 Å². The maximum atomic E-state index is 13.0. The number of nitrogens with zero attached hydrogens (tertiary/aromatic N) is 3. The summed E-state index contributed by atoms with van der Waals surface area (Å²) >= 11 is 0. The third-order valence-electron chi connectivity index (χ3n) is 3.87. The Morgan fingerprint density at radius 1 is 1.30 bits per heavy atom. The van der Waals surface area contributed by atoms with Gasteiger partial charge in [0.25, 0.3) is 5.91 Å². The largest absolute Gasteiger partial charge is 0.481 e. The SMILES string of the molecule is Cc1nc(C(=O)NC2CC(C(=O)O)C2)nn1-c1ccc(F)cc1. The molecule has 1 aromatic carbocycles. The molecule has 0 radical (unpaired) electrons. The zero-order chi connectivity index (χ0) is 16.6. The molecule has 23 heavy (non-hydrogen) atoms. The van der Waals surface area contributed by atoms with Crippen molar-refractivity contribution >= 4 is 11.9 Å². The van der Waals surface area contributed by atoms with Crippen LogP contribution in [-0.2, 0) is 4.79 Å². The van der Waals surface area contributed by atoms with E-state index in [9.17, 15) is 14.0 Å². The first kappa shape index (κ1) is 15.1. The fourth-order valence-corrected chi connectivity index (χ4v) is 2.50. The van der Waals surface area contributed by atoms with Crippen molar-refractivity contribution in [2.24, 2.45) is 5.92 Å². The van der Waals surface area contributed by atoms with E-state index in [1.807, 2.05) is 0 Å². The number of hydrogen-bond donors (Lipinski definition) is 2. The predicted octanol–water partition coefficient (Wildman–Crippen LogP) is 1.31. The van der Waals surface area contributed by atoms with E-state index >= 15 is 0 Å². The van der Waals surface area contributed by atoms with Crippen molar-refractivity contribution < 1.29 is 19.1 Å². The summed E-state index contributed by atoms with van der Waals surface area (Å²) in [5.74, 6) is -1.54. The lowest BCUT2D eigenvalue weighted by Crippen LogP contribution is -2.46. The lowest BCUT2D eigenvalue weighted by atomic mass is 9.80. The smallest absolute Gasteiger partial charge is 0.306 e. The van der Waals surface area contributed by atoms with Gasteiger partial charge < -0.3 is 10.4 Å². The molecule has 1 aromatic heterocycles. The van der Waals surface area contributed by atoms with Gasteiger partial charge in [0.15, 0.2) is 0 Å². The van der Waals surface area contributed by atoms with Gasteiger partial charge in [-0.3, -0.25) is 9.59 Å². The molecule has 0 saturated heterocycles. The Morgan fingerprint density at radius 2 is 1.96 bits per heavy atom. The second-order valence-electron chi connectivity index (χ2n) is 5.55. The number of benzene rings is 1. The monoisotopic (exact) mass is 318 g/mol. The molecule has 0 spiro atoms. The third kappa shape index (κ3) is 3.05. The molecule has 120 valence electrons. The van der Waals surface area contributed by atoms with Gasteiger partial charge in [0.1, 0.15) is 11.6 Å². The van der Waals surface area contributed by atoms with Gasteiger partial charge in [-0.25, -0.2) is 14.1 Å². The molecule has 1 aliphatic carbocycles.